The van der Waals surface area contributed by atoms with Gasteiger partial charge < -0.3 is 15.3 Å². The quantitative estimate of drug-likeness (QED) is 0.819. The van der Waals surface area contributed by atoms with Crippen molar-refractivity contribution in [1.29, 1.82) is 0 Å². The van der Waals surface area contributed by atoms with Crippen molar-refractivity contribution in [2.45, 2.75) is 19.8 Å². The third-order valence-electron chi connectivity index (χ3n) is 3.60. The summed E-state index contributed by atoms with van der Waals surface area (Å²) in [6, 6.07) is 2.90. The number of nitrogens with one attached hydrogen (secondary N) is 1. The van der Waals surface area contributed by atoms with Gasteiger partial charge in [0.2, 0.25) is 11.8 Å². The molecule has 0 spiro atoms. The lowest BCUT2D eigenvalue weighted by atomic mass is 9.96. The van der Waals surface area contributed by atoms with Gasteiger partial charge in [0.1, 0.15) is 0 Å². The number of benzene rings is 1. The van der Waals surface area contributed by atoms with Gasteiger partial charge in [-0.1, -0.05) is 23.2 Å². The standard InChI is InChI=1S/C14H16Cl2N2O3/c1-8(19)18-4-2-9(3-5-18)14(21)17-10-6-11(15)13(20)12(16)7-10/h6-7,9,20H,2-5H2,1H3,(H,17,21). The van der Waals surface area contributed by atoms with E-state index in [1.807, 2.05) is 0 Å². The molecule has 2 N–H and O–H groups in total. The van der Waals surface area contributed by atoms with Gasteiger partial charge in [0, 0.05) is 31.6 Å². The maximum Gasteiger partial charge on any atom is 0.227 e. The zero-order valence-electron chi connectivity index (χ0n) is 11.5. The fourth-order valence-corrected chi connectivity index (χ4v) is 2.83. The van der Waals surface area contributed by atoms with Crippen LogP contribution in [0, 0.1) is 5.92 Å². The molecule has 0 aromatic heterocycles. The monoisotopic (exact) mass is 330 g/mol. The maximum absolute atomic E-state index is 12.2. The van der Waals surface area contributed by atoms with Gasteiger partial charge >= 0.3 is 0 Å². The molecule has 0 bridgehead atoms. The molecule has 1 aromatic carbocycles. The Morgan fingerprint density at radius 3 is 2.24 bits per heavy atom. The summed E-state index contributed by atoms with van der Waals surface area (Å²) in [7, 11) is 0. The van der Waals surface area contributed by atoms with E-state index in [1.54, 1.807) is 4.90 Å². The average molecular weight is 331 g/mol. The van der Waals surface area contributed by atoms with Gasteiger partial charge in [0.25, 0.3) is 0 Å². The number of phenols is 1. The number of amides is 2. The van der Waals surface area contributed by atoms with E-state index in [1.165, 1.54) is 19.1 Å². The van der Waals surface area contributed by atoms with Crippen LogP contribution in [0.1, 0.15) is 19.8 Å². The Hall–Kier alpha value is -1.46. The fourth-order valence-electron chi connectivity index (χ4n) is 2.34. The van der Waals surface area contributed by atoms with Crippen LogP contribution in [0.5, 0.6) is 5.75 Å². The zero-order chi connectivity index (χ0) is 15.6. The first kappa shape index (κ1) is 15.9. The molecule has 1 aliphatic heterocycles. The Bertz CT molecular complexity index is 546. The summed E-state index contributed by atoms with van der Waals surface area (Å²) in [4.78, 5) is 25.2. The average Bonchev–Trinajstić information content (AvgIpc) is 2.44. The van der Waals surface area contributed by atoms with Crippen LogP contribution in [-0.4, -0.2) is 34.9 Å². The summed E-state index contributed by atoms with van der Waals surface area (Å²) in [6.45, 7) is 2.70. The number of likely N-dealkylation sites (tertiary alicyclic amines) is 1. The molecule has 1 aliphatic rings. The molecule has 2 rings (SSSR count). The van der Waals surface area contributed by atoms with Crippen molar-refractivity contribution in [3.8, 4) is 5.75 Å². The molecule has 1 fully saturated rings. The van der Waals surface area contributed by atoms with E-state index in [4.69, 9.17) is 23.2 Å². The smallest absolute Gasteiger partial charge is 0.227 e. The highest BCUT2D eigenvalue weighted by Crippen LogP contribution is 2.35. The number of carbonyl (C=O) groups excluding carboxylic acids is 2. The van der Waals surface area contributed by atoms with Crippen molar-refractivity contribution in [3.05, 3.63) is 22.2 Å². The predicted molar refractivity (Wildman–Crippen MR) is 81.7 cm³/mol. The van der Waals surface area contributed by atoms with Gasteiger partial charge in [0.15, 0.2) is 5.75 Å². The summed E-state index contributed by atoms with van der Waals surface area (Å²) >= 11 is 11.6. The molecule has 7 heteroatoms. The number of phenolic OH excluding ortho intramolecular Hbond substituents is 1. The number of carbonyl (C=O) groups is 2. The number of hydrogen-bond donors (Lipinski definition) is 2. The van der Waals surface area contributed by atoms with Gasteiger partial charge in [-0.25, -0.2) is 0 Å². The fraction of sp³-hybridized carbons (Fsp3) is 0.429. The highest BCUT2D eigenvalue weighted by molar-refractivity contribution is 6.37. The lowest BCUT2D eigenvalue weighted by molar-refractivity contribution is -0.132. The molecule has 0 atom stereocenters. The van der Waals surface area contributed by atoms with Crippen molar-refractivity contribution in [2.24, 2.45) is 5.92 Å². The van der Waals surface area contributed by atoms with Crippen LogP contribution in [0.3, 0.4) is 0 Å². The number of rotatable bonds is 2. The minimum absolute atomic E-state index is 0.0333. The van der Waals surface area contributed by atoms with E-state index in [2.05, 4.69) is 5.32 Å². The second kappa shape index (κ2) is 6.54. The number of hydrogen-bond acceptors (Lipinski definition) is 3. The highest BCUT2D eigenvalue weighted by atomic mass is 35.5. The summed E-state index contributed by atoms with van der Waals surface area (Å²) in [5.74, 6) is -0.444. The largest absolute Gasteiger partial charge is 0.505 e. The van der Waals surface area contributed by atoms with E-state index in [0.29, 0.717) is 31.6 Å². The van der Waals surface area contributed by atoms with E-state index >= 15 is 0 Å². The predicted octanol–water partition coefficient (Wildman–Crippen LogP) is 2.90. The van der Waals surface area contributed by atoms with Gasteiger partial charge in [0.05, 0.1) is 10.0 Å². The number of anilines is 1. The molecule has 0 radical (unpaired) electrons. The van der Waals surface area contributed by atoms with Crippen LogP contribution >= 0.6 is 23.2 Å². The maximum atomic E-state index is 12.2. The van der Waals surface area contributed by atoms with E-state index in [9.17, 15) is 14.7 Å². The second-order valence-electron chi connectivity index (χ2n) is 5.06. The molecule has 1 aromatic rings. The first-order valence-electron chi connectivity index (χ1n) is 6.63. The van der Waals surface area contributed by atoms with Crippen LogP contribution in [0.2, 0.25) is 10.0 Å². The topological polar surface area (TPSA) is 69.6 Å². The second-order valence-corrected chi connectivity index (χ2v) is 5.87. The number of halogens is 2. The van der Waals surface area contributed by atoms with Gasteiger partial charge in [-0.3, -0.25) is 9.59 Å². The molecule has 5 nitrogen and oxygen atoms in total. The van der Waals surface area contributed by atoms with E-state index in [0.717, 1.165) is 0 Å². The summed E-state index contributed by atoms with van der Waals surface area (Å²) in [6.07, 6.45) is 1.26. The molecular weight excluding hydrogens is 315 g/mol. The van der Waals surface area contributed by atoms with Crippen LogP contribution in [0.25, 0.3) is 0 Å². The number of aromatic hydroxyl groups is 1. The van der Waals surface area contributed by atoms with Crippen LogP contribution in [0.15, 0.2) is 12.1 Å². The molecule has 114 valence electrons. The molecule has 1 saturated heterocycles. The van der Waals surface area contributed by atoms with Crippen LogP contribution in [0.4, 0.5) is 5.69 Å². The third-order valence-corrected chi connectivity index (χ3v) is 4.17. The number of nitrogens with zero attached hydrogens (tertiary/aromatic N) is 1. The lowest BCUT2D eigenvalue weighted by Crippen LogP contribution is -2.40. The van der Waals surface area contributed by atoms with Crippen molar-refractivity contribution >= 4 is 40.7 Å². The SMILES string of the molecule is CC(=O)N1CCC(C(=O)Nc2cc(Cl)c(O)c(Cl)c2)CC1. The molecule has 21 heavy (non-hydrogen) atoms. The first-order valence-corrected chi connectivity index (χ1v) is 7.38. The van der Waals surface area contributed by atoms with Crippen LogP contribution < -0.4 is 5.32 Å². The van der Waals surface area contributed by atoms with Crippen molar-refractivity contribution < 1.29 is 14.7 Å². The summed E-state index contributed by atoms with van der Waals surface area (Å²) in [5, 5.41) is 12.4. The lowest BCUT2D eigenvalue weighted by Gasteiger charge is -2.30. The van der Waals surface area contributed by atoms with Gasteiger partial charge in [-0.05, 0) is 25.0 Å². The van der Waals surface area contributed by atoms with E-state index in [-0.39, 0.29) is 33.5 Å². The molecule has 1 heterocycles. The zero-order valence-corrected chi connectivity index (χ0v) is 13.0. The van der Waals surface area contributed by atoms with Crippen LogP contribution in [-0.2, 0) is 9.59 Å². The Balaban J connectivity index is 1.98. The molecule has 0 unspecified atom stereocenters. The highest BCUT2D eigenvalue weighted by Gasteiger charge is 2.26. The normalized spacial score (nSPS) is 15.9. The summed E-state index contributed by atoms with van der Waals surface area (Å²) in [5.41, 5.74) is 0.446. The van der Waals surface area contributed by atoms with Crippen molar-refractivity contribution in [2.75, 3.05) is 18.4 Å². The molecule has 0 aliphatic carbocycles. The van der Waals surface area contributed by atoms with Crippen molar-refractivity contribution in [3.63, 3.8) is 0 Å². The Kier molecular flexibility index (Phi) is 4.96. The third kappa shape index (κ3) is 3.80. The Labute approximate surface area is 132 Å². The first-order chi connectivity index (χ1) is 9.88. The molecule has 0 saturated carbocycles. The summed E-state index contributed by atoms with van der Waals surface area (Å²) < 4.78 is 0. The van der Waals surface area contributed by atoms with Crippen molar-refractivity contribution in [1.82, 2.24) is 4.90 Å². The molecular formula is C14H16Cl2N2O3. The molecule has 2 amide bonds. The minimum atomic E-state index is -0.203. The Morgan fingerprint density at radius 2 is 1.76 bits per heavy atom. The Morgan fingerprint density at radius 1 is 1.24 bits per heavy atom. The van der Waals surface area contributed by atoms with E-state index < -0.39 is 0 Å². The van der Waals surface area contributed by atoms with Gasteiger partial charge in [-0.15, -0.1) is 0 Å². The number of piperidine rings is 1. The van der Waals surface area contributed by atoms with Gasteiger partial charge in [-0.2, -0.15) is 0 Å². The minimum Gasteiger partial charge on any atom is -0.505 e.